The second-order valence-electron chi connectivity index (χ2n) is 3.37. The molecule has 1 aromatic carbocycles. The highest BCUT2D eigenvalue weighted by Gasteiger charge is 2.11. The monoisotopic (exact) mass is 235 g/mol. The molecule has 6 heteroatoms. The first-order chi connectivity index (χ1) is 8.20. The number of carbonyl (C=O) groups excluding carboxylic acids is 1. The Morgan fingerprint density at radius 2 is 2.35 bits per heavy atom. The third-order valence-corrected chi connectivity index (χ3v) is 2.28. The number of methoxy groups -OCH3 is 1. The van der Waals surface area contributed by atoms with E-state index in [1.165, 1.54) is 31.9 Å². The minimum absolute atomic E-state index is 0.0703. The van der Waals surface area contributed by atoms with Crippen LogP contribution in [0.2, 0.25) is 0 Å². The zero-order chi connectivity index (χ0) is 12.3. The van der Waals surface area contributed by atoms with E-state index in [2.05, 4.69) is 10.1 Å². The molecule has 2 rings (SSSR count). The molecule has 0 spiro atoms. The van der Waals surface area contributed by atoms with E-state index in [9.17, 15) is 9.18 Å². The van der Waals surface area contributed by atoms with Gasteiger partial charge in [-0.05, 0) is 11.6 Å². The van der Waals surface area contributed by atoms with Crippen LogP contribution in [0.4, 0.5) is 4.39 Å². The normalized spacial score (nSPS) is 10.2. The van der Waals surface area contributed by atoms with Crippen LogP contribution in [-0.4, -0.2) is 27.8 Å². The van der Waals surface area contributed by atoms with E-state index < -0.39 is 5.82 Å². The summed E-state index contributed by atoms with van der Waals surface area (Å²) in [6.07, 6.45) is 2.46. The van der Waals surface area contributed by atoms with E-state index in [1.807, 2.05) is 0 Å². The summed E-state index contributed by atoms with van der Waals surface area (Å²) >= 11 is 0. The van der Waals surface area contributed by atoms with Crippen LogP contribution in [0.1, 0.15) is 10.4 Å². The van der Waals surface area contributed by atoms with Crippen molar-refractivity contribution in [3.05, 3.63) is 42.2 Å². The molecule has 0 amide bonds. The summed E-state index contributed by atoms with van der Waals surface area (Å²) in [5, 5.41) is 3.68. The fourth-order valence-electron chi connectivity index (χ4n) is 1.38. The average molecular weight is 235 g/mol. The molecule has 0 bridgehead atoms. The summed E-state index contributed by atoms with van der Waals surface area (Å²) in [5.74, 6) is -0.399. The highest BCUT2D eigenvalue weighted by Crippen LogP contribution is 2.16. The molecule has 0 saturated heterocycles. The van der Waals surface area contributed by atoms with Crippen molar-refractivity contribution in [2.75, 3.05) is 7.11 Å². The molecule has 5 nitrogen and oxygen atoms in total. The van der Waals surface area contributed by atoms with E-state index in [4.69, 9.17) is 4.74 Å². The summed E-state index contributed by atoms with van der Waals surface area (Å²) in [6.45, 7) is 0. The first kappa shape index (κ1) is 11.3. The Balaban J connectivity index is 2.16. The molecule has 2 aromatic rings. The zero-order valence-corrected chi connectivity index (χ0v) is 9.13. The lowest BCUT2D eigenvalue weighted by molar-refractivity contribution is 0.0896. The van der Waals surface area contributed by atoms with Gasteiger partial charge in [0, 0.05) is 6.07 Å². The van der Waals surface area contributed by atoms with Gasteiger partial charge in [0.25, 0.3) is 5.91 Å². The van der Waals surface area contributed by atoms with Crippen molar-refractivity contribution >= 4 is 5.91 Å². The number of aromatic nitrogens is 3. The largest absolute Gasteiger partial charge is 0.497 e. The predicted octanol–water partition coefficient (Wildman–Crippen LogP) is 1.31. The highest BCUT2D eigenvalue weighted by molar-refractivity contribution is 5.80. The second kappa shape index (κ2) is 4.73. The van der Waals surface area contributed by atoms with Crippen molar-refractivity contribution in [3.8, 4) is 5.75 Å². The number of benzene rings is 1. The summed E-state index contributed by atoms with van der Waals surface area (Å²) in [5.41, 5.74) is 0.298. The van der Waals surface area contributed by atoms with Gasteiger partial charge in [-0.25, -0.2) is 9.37 Å². The maximum absolute atomic E-state index is 13.6. The number of nitrogens with zero attached hydrogens (tertiary/aromatic N) is 3. The standard InChI is InChI=1S/C11H10FN3O2/c1-17-9-3-2-8(10(12)5-9)4-11(16)15-7-13-6-14-15/h2-3,5-7H,4H2,1H3. The minimum Gasteiger partial charge on any atom is -0.497 e. The van der Waals surface area contributed by atoms with Gasteiger partial charge in [0.15, 0.2) is 0 Å². The number of carbonyl (C=O) groups is 1. The van der Waals surface area contributed by atoms with Gasteiger partial charge in [0.05, 0.1) is 13.5 Å². The Hall–Kier alpha value is -2.24. The topological polar surface area (TPSA) is 57.0 Å². The Morgan fingerprint density at radius 3 is 2.94 bits per heavy atom. The van der Waals surface area contributed by atoms with Crippen LogP contribution in [0, 0.1) is 5.82 Å². The molecule has 0 radical (unpaired) electrons. The molecule has 0 aliphatic carbocycles. The van der Waals surface area contributed by atoms with Crippen LogP contribution in [0.3, 0.4) is 0 Å². The van der Waals surface area contributed by atoms with Crippen molar-refractivity contribution in [3.63, 3.8) is 0 Å². The summed E-state index contributed by atoms with van der Waals surface area (Å²) < 4.78 is 19.5. The molecule has 0 saturated carbocycles. The van der Waals surface area contributed by atoms with Crippen molar-refractivity contribution in [1.29, 1.82) is 0 Å². The van der Waals surface area contributed by atoms with Gasteiger partial charge in [-0.15, -0.1) is 0 Å². The SMILES string of the molecule is COc1ccc(CC(=O)n2cncn2)c(F)c1. The van der Waals surface area contributed by atoms with E-state index in [1.54, 1.807) is 6.07 Å². The van der Waals surface area contributed by atoms with Crippen molar-refractivity contribution in [2.24, 2.45) is 0 Å². The van der Waals surface area contributed by atoms with Gasteiger partial charge >= 0.3 is 0 Å². The lowest BCUT2D eigenvalue weighted by Gasteiger charge is -2.04. The molecular formula is C11H10FN3O2. The van der Waals surface area contributed by atoms with E-state index in [0.29, 0.717) is 11.3 Å². The minimum atomic E-state index is -0.474. The quantitative estimate of drug-likeness (QED) is 0.804. The average Bonchev–Trinajstić information content (AvgIpc) is 2.85. The molecule has 0 fully saturated rings. The van der Waals surface area contributed by atoms with Crippen LogP contribution >= 0.6 is 0 Å². The van der Waals surface area contributed by atoms with Gasteiger partial charge in [-0.1, -0.05) is 6.07 Å². The highest BCUT2D eigenvalue weighted by atomic mass is 19.1. The Bertz CT molecular complexity index is 526. The van der Waals surface area contributed by atoms with E-state index in [-0.39, 0.29) is 12.3 Å². The molecule has 0 atom stereocenters. The van der Waals surface area contributed by atoms with Crippen LogP contribution < -0.4 is 4.74 Å². The Morgan fingerprint density at radius 1 is 1.53 bits per heavy atom. The Kier molecular flexibility index (Phi) is 3.13. The number of halogens is 1. The maximum atomic E-state index is 13.6. The van der Waals surface area contributed by atoms with Gasteiger partial charge < -0.3 is 4.74 Å². The number of hydrogen-bond donors (Lipinski definition) is 0. The molecule has 0 aliphatic rings. The third-order valence-electron chi connectivity index (χ3n) is 2.28. The van der Waals surface area contributed by atoms with Crippen molar-refractivity contribution in [1.82, 2.24) is 14.8 Å². The van der Waals surface area contributed by atoms with Crippen molar-refractivity contribution < 1.29 is 13.9 Å². The maximum Gasteiger partial charge on any atom is 0.252 e. The van der Waals surface area contributed by atoms with Gasteiger partial charge in [0.1, 0.15) is 24.2 Å². The molecule has 0 unspecified atom stereocenters. The molecule has 1 aromatic heterocycles. The first-order valence-corrected chi connectivity index (χ1v) is 4.91. The van der Waals surface area contributed by atoms with Crippen molar-refractivity contribution in [2.45, 2.75) is 6.42 Å². The van der Waals surface area contributed by atoms with Crippen LogP contribution in [0.25, 0.3) is 0 Å². The Labute approximate surface area is 96.9 Å². The number of ether oxygens (including phenoxy) is 1. The van der Waals surface area contributed by atoms with Crippen LogP contribution in [-0.2, 0) is 6.42 Å². The number of hydrogen-bond acceptors (Lipinski definition) is 4. The molecular weight excluding hydrogens is 225 g/mol. The molecule has 0 aliphatic heterocycles. The summed E-state index contributed by atoms with van der Waals surface area (Å²) in [7, 11) is 1.45. The molecule has 88 valence electrons. The summed E-state index contributed by atoms with van der Waals surface area (Å²) in [6, 6.07) is 4.36. The lowest BCUT2D eigenvalue weighted by Crippen LogP contribution is -2.14. The summed E-state index contributed by atoms with van der Waals surface area (Å²) in [4.78, 5) is 15.3. The lowest BCUT2D eigenvalue weighted by atomic mass is 10.1. The predicted molar refractivity (Wildman–Crippen MR) is 57.3 cm³/mol. The molecule has 17 heavy (non-hydrogen) atoms. The third kappa shape index (κ3) is 2.47. The van der Waals surface area contributed by atoms with Crippen LogP contribution in [0.15, 0.2) is 30.9 Å². The van der Waals surface area contributed by atoms with E-state index in [0.717, 1.165) is 4.68 Å². The van der Waals surface area contributed by atoms with Crippen LogP contribution in [0.5, 0.6) is 5.75 Å². The molecule has 1 heterocycles. The number of rotatable bonds is 3. The zero-order valence-electron chi connectivity index (χ0n) is 9.13. The van der Waals surface area contributed by atoms with E-state index >= 15 is 0 Å². The molecule has 0 N–H and O–H groups in total. The first-order valence-electron chi connectivity index (χ1n) is 4.91. The second-order valence-corrected chi connectivity index (χ2v) is 3.37. The fourth-order valence-corrected chi connectivity index (χ4v) is 1.38. The van der Waals surface area contributed by atoms with Gasteiger partial charge in [-0.2, -0.15) is 9.78 Å². The van der Waals surface area contributed by atoms with Gasteiger partial charge in [0.2, 0.25) is 0 Å². The smallest absolute Gasteiger partial charge is 0.252 e. The fraction of sp³-hybridized carbons (Fsp3) is 0.182. The van der Waals surface area contributed by atoms with Gasteiger partial charge in [-0.3, -0.25) is 4.79 Å².